The van der Waals surface area contributed by atoms with Gasteiger partial charge in [-0.2, -0.15) is 0 Å². The lowest BCUT2D eigenvalue weighted by molar-refractivity contribution is -0.133. The van der Waals surface area contributed by atoms with E-state index in [0.29, 0.717) is 5.57 Å². The van der Waals surface area contributed by atoms with E-state index in [2.05, 4.69) is 37.9 Å². The highest BCUT2D eigenvalue weighted by molar-refractivity contribution is 9.11. The van der Waals surface area contributed by atoms with E-state index >= 15 is 0 Å². The molecule has 0 atom stereocenters. The quantitative estimate of drug-likeness (QED) is 0.235. The minimum absolute atomic E-state index is 0.399. The topological polar surface area (TPSA) is 35.5 Å². The van der Waals surface area contributed by atoms with Crippen LogP contribution < -0.4 is 0 Å². The van der Waals surface area contributed by atoms with Crippen LogP contribution in [0.4, 0.5) is 0 Å². The van der Waals surface area contributed by atoms with E-state index in [4.69, 9.17) is 9.47 Å². The van der Waals surface area contributed by atoms with Crippen molar-refractivity contribution in [1.82, 2.24) is 0 Å². The van der Waals surface area contributed by atoms with Crippen molar-refractivity contribution >= 4 is 55.2 Å². The number of carbonyl (C=O) groups is 1. The number of rotatable bonds is 6. The Morgan fingerprint density at radius 2 is 1.92 bits per heavy atom. The first-order chi connectivity index (χ1) is 11.6. The van der Waals surface area contributed by atoms with Gasteiger partial charge in [0.15, 0.2) is 0 Å². The summed E-state index contributed by atoms with van der Waals surface area (Å²) in [7, 11) is 2.87. The van der Waals surface area contributed by atoms with Crippen LogP contribution in [0.5, 0.6) is 0 Å². The molecule has 0 bridgehead atoms. The van der Waals surface area contributed by atoms with Crippen molar-refractivity contribution in [3.05, 3.63) is 68.8 Å². The van der Waals surface area contributed by atoms with Crippen LogP contribution in [0.3, 0.4) is 0 Å². The molecule has 0 aliphatic heterocycles. The van der Waals surface area contributed by atoms with Crippen molar-refractivity contribution in [2.24, 2.45) is 0 Å². The Kier molecular flexibility index (Phi) is 7.40. The highest BCUT2D eigenvalue weighted by atomic mass is 79.9. The highest BCUT2D eigenvalue weighted by Crippen LogP contribution is 2.33. The molecule has 126 valence electrons. The molecule has 0 aliphatic rings. The summed E-state index contributed by atoms with van der Waals surface area (Å²) in [4.78, 5) is 13.0. The Bertz CT molecular complexity index is 760. The minimum atomic E-state index is -0.423. The van der Waals surface area contributed by atoms with Gasteiger partial charge in [0.1, 0.15) is 5.57 Å². The van der Waals surface area contributed by atoms with Crippen LogP contribution in [0.2, 0.25) is 0 Å². The van der Waals surface area contributed by atoms with E-state index < -0.39 is 5.97 Å². The van der Waals surface area contributed by atoms with E-state index in [9.17, 15) is 4.79 Å². The third-order valence-electron chi connectivity index (χ3n) is 3.21. The van der Waals surface area contributed by atoms with E-state index in [1.807, 2.05) is 36.4 Å². The minimum Gasteiger partial charge on any atom is -0.503 e. The summed E-state index contributed by atoms with van der Waals surface area (Å²) in [6.07, 6.45) is 1.42. The fourth-order valence-electron chi connectivity index (χ4n) is 2.07. The van der Waals surface area contributed by atoms with Gasteiger partial charge in [0.25, 0.3) is 0 Å². The van der Waals surface area contributed by atoms with Gasteiger partial charge in [-0.1, -0.05) is 50.1 Å². The summed E-state index contributed by atoms with van der Waals surface area (Å²) >= 11 is 8.71. The lowest BCUT2D eigenvalue weighted by Crippen LogP contribution is -2.05. The number of halogens is 2. The number of carbonyl (C=O) groups excluding carboxylic acids is 1. The molecule has 0 saturated heterocycles. The molecular formula is C18H16Br2O3S. The van der Waals surface area contributed by atoms with E-state index in [-0.39, 0.29) is 0 Å². The predicted molar refractivity (Wildman–Crippen MR) is 105 cm³/mol. The standard InChI is InChI=1S/C18H16Br2O3S/c1-22-10-15(18(21)23-2)14-5-3-4-6-17(14)24-11-12-9-13(19)7-8-16(12)20/h3-10H,11H2,1-2H3/b15-10+. The third-order valence-corrected chi connectivity index (χ3v) is 5.60. The number of hydrogen-bond acceptors (Lipinski definition) is 4. The van der Waals surface area contributed by atoms with Crippen LogP contribution in [0, 0.1) is 0 Å². The van der Waals surface area contributed by atoms with Crippen LogP contribution in [-0.2, 0) is 20.0 Å². The average molecular weight is 472 g/mol. The second-order valence-electron chi connectivity index (χ2n) is 4.78. The van der Waals surface area contributed by atoms with Crippen LogP contribution in [0.15, 0.2) is 62.6 Å². The molecule has 0 radical (unpaired) electrons. The first-order valence-electron chi connectivity index (χ1n) is 7.04. The smallest absolute Gasteiger partial charge is 0.341 e. The van der Waals surface area contributed by atoms with Crippen LogP contribution in [0.1, 0.15) is 11.1 Å². The Morgan fingerprint density at radius 3 is 2.62 bits per heavy atom. The first kappa shape index (κ1) is 19.1. The van der Waals surface area contributed by atoms with Gasteiger partial charge in [0, 0.05) is 25.2 Å². The molecule has 0 fully saturated rings. The van der Waals surface area contributed by atoms with Gasteiger partial charge in [-0.15, -0.1) is 11.8 Å². The molecule has 2 aromatic rings. The van der Waals surface area contributed by atoms with E-state index in [1.54, 1.807) is 11.8 Å². The maximum atomic E-state index is 12.0. The number of hydrogen-bond donors (Lipinski definition) is 0. The number of thioether (sulfide) groups is 1. The molecule has 0 aromatic heterocycles. The normalized spacial score (nSPS) is 11.2. The van der Waals surface area contributed by atoms with Gasteiger partial charge >= 0.3 is 5.97 Å². The zero-order valence-corrected chi connectivity index (χ0v) is 17.2. The SMILES string of the molecule is CO/C=C(/C(=O)OC)c1ccccc1SCc1cc(Br)ccc1Br. The van der Waals surface area contributed by atoms with E-state index in [0.717, 1.165) is 25.2 Å². The molecule has 0 spiro atoms. The molecular weight excluding hydrogens is 456 g/mol. The highest BCUT2D eigenvalue weighted by Gasteiger charge is 2.17. The van der Waals surface area contributed by atoms with E-state index in [1.165, 1.54) is 26.0 Å². The van der Waals surface area contributed by atoms with Crippen molar-refractivity contribution in [2.45, 2.75) is 10.6 Å². The zero-order chi connectivity index (χ0) is 17.5. The molecule has 0 saturated carbocycles. The van der Waals surface area contributed by atoms with Crippen molar-refractivity contribution in [2.75, 3.05) is 14.2 Å². The number of methoxy groups -OCH3 is 2. The molecule has 3 nitrogen and oxygen atoms in total. The van der Waals surface area contributed by atoms with Crippen LogP contribution >= 0.6 is 43.6 Å². The van der Waals surface area contributed by atoms with Crippen molar-refractivity contribution in [1.29, 1.82) is 0 Å². The molecule has 2 aromatic carbocycles. The number of benzene rings is 2. The molecule has 0 unspecified atom stereocenters. The van der Waals surface area contributed by atoms with Gasteiger partial charge in [-0.25, -0.2) is 4.79 Å². The van der Waals surface area contributed by atoms with Crippen molar-refractivity contribution < 1.29 is 14.3 Å². The molecule has 0 amide bonds. The van der Waals surface area contributed by atoms with Gasteiger partial charge in [0.2, 0.25) is 0 Å². The van der Waals surface area contributed by atoms with Gasteiger partial charge in [-0.05, 0) is 29.8 Å². The van der Waals surface area contributed by atoms with Crippen molar-refractivity contribution in [3.8, 4) is 0 Å². The summed E-state index contributed by atoms with van der Waals surface area (Å²) in [6.45, 7) is 0. The molecule has 2 rings (SSSR count). The second-order valence-corrected chi connectivity index (χ2v) is 7.57. The Labute approximate surface area is 162 Å². The second kappa shape index (κ2) is 9.30. The summed E-state index contributed by atoms with van der Waals surface area (Å²) in [5.41, 5.74) is 2.36. The first-order valence-corrected chi connectivity index (χ1v) is 9.61. The molecule has 0 aliphatic carbocycles. The van der Waals surface area contributed by atoms with Gasteiger partial charge in [-0.3, -0.25) is 0 Å². The molecule has 0 heterocycles. The van der Waals surface area contributed by atoms with Crippen LogP contribution in [0.25, 0.3) is 5.57 Å². The Hall–Kier alpha value is -1.24. The molecule has 6 heteroatoms. The third kappa shape index (κ3) is 4.88. The number of esters is 1. The maximum Gasteiger partial charge on any atom is 0.341 e. The summed E-state index contributed by atoms with van der Waals surface area (Å²) < 4.78 is 12.0. The fraction of sp³-hybridized carbons (Fsp3) is 0.167. The lowest BCUT2D eigenvalue weighted by atomic mass is 10.1. The monoisotopic (exact) mass is 470 g/mol. The molecule has 24 heavy (non-hydrogen) atoms. The lowest BCUT2D eigenvalue weighted by Gasteiger charge is -2.12. The van der Waals surface area contributed by atoms with Gasteiger partial charge < -0.3 is 9.47 Å². The largest absolute Gasteiger partial charge is 0.503 e. The van der Waals surface area contributed by atoms with Gasteiger partial charge in [0.05, 0.1) is 20.5 Å². The molecule has 0 N–H and O–H groups in total. The Balaban J connectivity index is 2.30. The average Bonchev–Trinajstić information content (AvgIpc) is 2.60. The Morgan fingerprint density at radius 1 is 1.17 bits per heavy atom. The zero-order valence-electron chi connectivity index (χ0n) is 13.2. The fourth-order valence-corrected chi connectivity index (χ4v) is 4.11. The predicted octanol–water partition coefficient (Wildman–Crippen LogP) is 5.66. The summed E-state index contributed by atoms with van der Waals surface area (Å²) in [5, 5.41) is 0. The maximum absolute atomic E-state index is 12.0. The summed E-state index contributed by atoms with van der Waals surface area (Å²) in [6, 6.07) is 13.8. The summed E-state index contributed by atoms with van der Waals surface area (Å²) in [5.74, 6) is 0.340. The van der Waals surface area contributed by atoms with Crippen molar-refractivity contribution in [3.63, 3.8) is 0 Å². The number of ether oxygens (including phenoxy) is 2. The van der Waals surface area contributed by atoms with Crippen LogP contribution in [-0.4, -0.2) is 20.2 Å².